The van der Waals surface area contributed by atoms with Crippen LogP contribution in [0.3, 0.4) is 0 Å². The molecule has 0 spiro atoms. The van der Waals surface area contributed by atoms with Crippen LogP contribution in [0.1, 0.15) is 0 Å². The number of pyridine rings is 2. The molecule has 4 heterocycles. The smallest absolute Gasteiger partial charge is 0.129 e. The summed E-state index contributed by atoms with van der Waals surface area (Å²) in [7, 11) is 0. The molecule has 0 saturated carbocycles. The lowest BCUT2D eigenvalue weighted by atomic mass is 10.2. The summed E-state index contributed by atoms with van der Waals surface area (Å²) in [5.41, 5.74) is 5.46. The number of rotatable bonds is 6. The maximum absolute atomic E-state index is 6.18. The van der Waals surface area contributed by atoms with Gasteiger partial charge in [-0.15, -0.1) is 0 Å². The number of hydrogen-bond acceptors (Lipinski definition) is 5. The summed E-state index contributed by atoms with van der Waals surface area (Å²) in [5.74, 6) is 1.42. The van der Waals surface area contributed by atoms with Crippen molar-refractivity contribution >= 4 is 0 Å². The van der Waals surface area contributed by atoms with E-state index in [1.54, 1.807) is 12.4 Å². The Balaban J connectivity index is 1.23. The molecule has 6 aromatic rings. The first-order valence-electron chi connectivity index (χ1n) is 11.1. The molecule has 6 rings (SSSR count). The topological polar surface area (TPSA) is 70.7 Å². The van der Waals surface area contributed by atoms with E-state index in [2.05, 4.69) is 20.2 Å². The fraction of sp³-hybridized carbons (Fsp3) is 0. The van der Waals surface area contributed by atoms with Gasteiger partial charge in [0, 0.05) is 48.0 Å². The summed E-state index contributed by atoms with van der Waals surface area (Å²) < 4.78 is 9.81. The van der Waals surface area contributed by atoms with Gasteiger partial charge in [0.25, 0.3) is 0 Å². The van der Waals surface area contributed by atoms with Crippen molar-refractivity contribution in [2.75, 3.05) is 0 Å². The Hall–Kier alpha value is -5.04. The van der Waals surface area contributed by atoms with Gasteiger partial charge in [0.1, 0.15) is 11.5 Å². The van der Waals surface area contributed by atoms with Gasteiger partial charge in [-0.25, -0.2) is 9.36 Å². The van der Waals surface area contributed by atoms with Gasteiger partial charge in [-0.1, -0.05) is 24.3 Å². The monoisotopic (exact) mass is 456 g/mol. The number of ether oxygens (including phenoxy) is 1. The molecule has 7 heteroatoms. The van der Waals surface area contributed by atoms with Crippen molar-refractivity contribution in [3.63, 3.8) is 0 Å². The number of nitrogens with zero attached hydrogens (tertiary/aromatic N) is 6. The van der Waals surface area contributed by atoms with Crippen LogP contribution in [0, 0.1) is 0 Å². The summed E-state index contributed by atoms with van der Waals surface area (Å²) in [4.78, 5) is 8.79. The molecule has 0 unspecified atom stereocenters. The maximum Gasteiger partial charge on any atom is 0.129 e. The van der Waals surface area contributed by atoms with Gasteiger partial charge in [-0.05, 0) is 48.5 Å². The van der Waals surface area contributed by atoms with Crippen LogP contribution in [0.25, 0.3) is 33.9 Å². The molecule has 35 heavy (non-hydrogen) atoms. The van der Waals surface area contributed by atoms with Crippen LogP contribution in [0.4, 0.5) is 0 Å². The van der Waals surface area contributed by atoms with Gasteiger partial charge < -0.3 is 4.74 Å². The SMILES string of the molecule is c1ccc(-c2cnn(-c3cccc(Oc4cccc(-n5cc(-c6ccccn6)cn5)c4)c3)c2)nc1. The molecule has 0 radical (unpaired) electrons. The predicted octanol–water partition coefficient (Wildman–Crippen LogP) is 5.97. The van der Waals surface area contributed by atoms with Gasteiger partial charge in [-0.3, -0.25) is 9.97 Å². The Morgan fingerprint density at radius 1 is 0.543 bits per heavy atom. The molecule has 0 N–H and O–H groups in total. The Labute approximate surface area is 201 Å². The van der Waals surface area contributed by atoms with E-state index in [1.165, 1.54) is 0 Å². The van der Waals surface area contributed by atoms with E-state index in [4.69, 9.17) is 4.74 Å². The van der Waals surface area contributed by atoms with Crippen molar-refractivity contribution in [1.29, 1.82) is 0 Å². The average molecular weight is 457 g/mol. The van der Waals surface area contributed by atoms with Gasteiger partial charge in [0.2, 0.25) is 0 Å². The van der Waals surface area contributed by atoms with Crippen LogP contribution in [0.5, 0.6) is 11.5 Å². The molecular formula is C28H20N6O. The Morgan fingerprint density at radius 3 is 1.51 bits per heavy atom. The predicted molar refractivity (Wildman–Crippen MR) is 134 cm³/mol. The molecule has 2 aromatic carbocycles. The molecule has 7 nitrogen and oxygen atoms in total. The second-order valence-electron chi connectivity index (χ2n) is 7.87. The molecule has 0 aliphatic carbocycles. The van der Waals surface area contributed by atoms with Gasteiger partial charge in [0.15, 0.2) is 0 Å². The molecular weight excluding hydrogens is 436 g/mol. The highest BCUT2D eigenvalue weighted by Crippen LogP contribution is 2.27. The molecule has 0 aliphatic heterocycles. The highest BCUT2D eigenvalue weighted by Gasteiger charge is 2.08. The van der Waals surface area contributed by atoms with Crippen LogP contribution < -0.4 is 4.74 Å². The minimum absolute atomic E-state index is 0.712. The molecule has 4 aromatic heterocycles. The molecule has 0 atom stereocenters. The Kier molecular flexibility index (Phi) is 5.33. The van der Waals surface area contributed by atoms with Crippen molar-refractivity contribution in [2.45, 2.75) is 0 Å². The van der Waals surface area contributed by atoms with Crippen molar-refractivity contribution < 1.29 is 4.74 Å². The Bertz CT molecular complexity index is 1450. The lowest BCUT2D eigenvalue weighted by Gasteiger charge is -2.09. The first-order chi connectivity index (χ1) is 17.3. The highest BCUT2D eigenvalue weighted by atomic mass is 16.5. The van der Waals surface area contributed by atoms with Crippen LogP contribution in [0.15, 0.2) is 122 Å². The summed E-state index contributed by atoms with van der Waals surface area (Å²) in [6.07, 6.45) is 11.1. The quantitative estimate of drug-likeness (QED) is 0.309. The van der Waals surface area contributed by atoms with E-state index in [-0.39, 0.29) is 0 Å². The number of hydrogen-bond donors (Lipinski definition) is 0. The zero-order valence-corrected chi connectivity index (χ0v) is 18.6. The second-order valence-corrected chi connectivity index (χ2v) is 7.87. The van der Waals surface area contributed by atoms with E-state index in [1.807, 2.05) is 119 Å². The van der Waals surface area contributed by atoms with E-state index < -0.39 is 0 Å². The van der Waals surface area contributed by atoms with Crippen molar-refractivity contribution in [2.24, 2.45) is 0 Å². The third-order valence-electron chi connectivity index (χ3n) is 5.49. The average Bonchev–Trinajstić information content (AvgIpc) is 3.61. The lowest BCUT2D eigenvalue weighted by Crippen LogP contribution is -1.96. The van der Waals surface area contributed by atoms with Gasteiger partial charge >= 0.3 is 0 Å². The van der Waals surface area contributed by atoms with E-state index in [0.29, 0.717) is 11.5 Å². The summed E-state index contributed by atoms with van der Waals surface area (Å²) >= 11 is 0. The number of aromatic nitrogens is 6. The van der Waals surface area contributed by atoms with Gasteiger partial charge in [-0.2, -0.15) is 10.2 Å². The first kappa shape index (κ1) is 20.6. The normalized spacial score (nSPS) is 10.9. The molecule has 168 valence electrons. The highest BCUT2D eigenvalue weighted by molar-refractivity contribution is 5.58. The standard InChI is InChI=1S/C28H20N6O/c1-3-13-29-27(11-1)21-17-31-33(19-21)23-7-5-9-25(15-23)35-26-10-6-8-24(16-26)34-20-22(18-32-34)28-12-2-4-14-30-28/h1-20H. The van der Waals surface area contributed by atoms with Crippen LogP contribution in [-0.4, -0.2) is 29.5 Å². The van der Waals surface area contributed by atoms with Crippen molar-refractivity contribution in [1.82, 2.24) is 29.5 Å². The van der Waals surface area contributed by atoms with Crippen molar-refractivity contribution in [3.8, 4) is 45.4 Å². The fourth-order valence-electron chi connectivity index (χ4n) is 3.77. The summed E-state index contributed by atoms with van der Waals surface area (Å²) in [6.45, 7) is 0. The van der Waals surface area contributed by atoms with Crippen LogP contribution in [-0.2, 0) is 0 Å². The minimum atomic E-state index is 0.712. The molecule has 0 amide bonds. The molecule has 0 bridgehead atoms. The van der Waals surface area contributed by atoms with E-state index in [9.17, 15) is 0 Å². The lowest BCUT2D eigenvalue weighted by molar-refractivity contribution is 0.481. The van der Waals surface area contributed by atoms with Gasteiger partial charge in [0.05, 0.1) is 35.2 Å². The zero-order valence-electron chi connectivity index (χ0n) is 18.6. The largest absolute Gasteiger partial charge is 0.457 e. The second kappa shape index (κ2) is 9.07. The summed E-state index contributed by atoms with van der Waals surface area (Å²) in [5, 5.41) is 8.99. The van der Waals surface area contributed by atoms with Crippen LogP contribution >= 0.6 is 0 Å². The fourth-order valence-corrected chi connectivity index (χ4v) is 3.77. The third kappa shape index (κ3) is 4.43. The van der Waals surface area contributed by atoms with E-state index in [0.717, 1.165) is 33.9 Å². The zero-order chi connectivity index (χ0) is 23.5. The minimum Gasteiger partial charge on any atom is -0.457 e. The maximum atomic E-state index is 6.18. The molecule has 0 fully saturated rings. The van der Waals surface area contributed by atoms with Crippen molar-refractivity contribution in [3.05, 3.63) is 122 Å². The van der Waals surface area contributed by atoms with E-state index >= 15 is 0 Å². The molecule has 0 saturated heterocycles. The first-order valence-corrected chi connectivity index (χ1v) is 11.1. The summed E-state index contributed by atoms with van der Waals surface area (Å²) in [6, 6.07) is 27.3. The number of benzene rings is 2. The van der Waals surface area contributed by atoms with Crippen LogP contribution in [0.2, 0.25) is 0 Å². The Morgan fingerprint density at radius 2 is 1.06 bits per heavy atom. The third-order valence-corrected chi connectivity index (χ3v) is 5.49. The molecule has 0 aliphatic rings.